The summed E-state index contributed by atoms with van der Waals surface area (Å²) < 4.78 is 26.7. The van der Waals surface area contributed by atoms with Gasteiger partial charge in [-0.3, -0.25) is 0 Å². The van der Waals surface area contributed by atoms with E-state index in [9.17, 15) is 13.9 Å². The molecule has 0 amide bonds. The first-order chi connectivity index (χ1) is 10.4. The molecule has 0 radical (unpaired) electrons. The Balaban J connectivity index is 2.27. The van der Waals surface area contributed by atoms with Gasteiger partial charge in [0, 0.05) is 11.3 Å². The number of thioether (sulfide) groups is 1. The molecule has 0 aliphatic carbocycles. The Morgan fingerprint density at radius 3 is 2.68 bits per heavy atom. The third kappa shape index (κ3) is 3.34. The summed E-state index contributed by atoms with van der Waals surface area (Å²) in [5.41, 5.74) is 0.650. The molecule has 1 N–H and O–H groups in total. The van der Waals surface area contributed by atoms with Crippen molar-refractivity contribution in [1.82, 2.24) is 9.97 Å². The maximum atomic E-state index is 13.6. The van der Waals surface area contributed by atoms with Gasteiger partial charge in [0.1, 0.15) is 11.6 Å². The van der Waals surface area contributed by atoms with E-state index in [-0.39, 0.29) is 28.0 Å². The highest BCUT2D eigenvalue weighted by atomic mass is 32.2. The number of rotatable bonds is 4. The number of halogens is 2. The number of hydrogen-bond acceptors (Lipinski definition) is 5. The molecule has 4 nitrogen and oxygen atoms in total. The van der Waals surface area contributed by atoms with Crippen LogP contribution < -0.4 is 0 Å². The van der Waals surface area contributed by atoms with Crippen LogP contribution in [0.25, 0.3) is 0 Å². The van der Waals surface area contributed by atoms with Gasteiger partial charge in [0.15, 0.2) is 16.8 Å². The maximum Gasteiger partial charge on any atom is 0.233 e. The summed E-state index contributed by atoms with van der Waals surface area (Å²) in [7, 11) is 0. The first kappa shape index (κ1) is 16.2. The molecule has 1 aromatic heterocycles. The minimum absolute atomic E-state index is 0.0382. The first-order valence-corrected chi connectivity index (χ1v) is 7.49. The van der Waals surface area contributed by atoms with Crippen LogP contribution in [0.1, 0.15) is 36.6 Å². The van der Waals surface area contributed by atoms with Gasteiger partial charge in [-0.05, 0) is 12.0 Å². The Morgan fingerprint density at radius 1 is 1.32 bits per heavy atom. The molecule has 0 aliphatic rings. The molecule has 0 spiro atoms. The van der Waals surface area contributed by atoms with E-state index >= 15 is 0 Å². The highest BCUT2D eigenvalue weighted by Crippen LogP contribution is 2.28. The normalized spacial score (nSPS) is 10.7. The topological polar surface area (TPSA) is 69.8 Å². The lowest BCUT2D eigenvalue weighted by Crippen LogP contribution is -2.02. The number of benzene rings is 1. The standard InChI is InChI=1S/C15H13F2N3OS/c1-8(2)13-10(6-18)14(21)20-15(19-13)22-7-9-4-3-5-11(16)12(9)17/h3-5,8H,7H2,1-2H3,(H,19,20,21). The number of aromatic nitrogens is 2. The molecule has 0 unspecified atom stereocenters. The molecular weight excluding hydrogens is 308 g/mol. The van der Waals surface area contributed by atoms with Gasteiger partial charge in [0.25, 0.3) is 0 Å². The number of nitriles is 1. The Labute approximate surface area is 130 Å². The minimum atomic E-state index is -0.912. The van der Waals surface area contributed by atoms with E-state index in [0.717, 1.165) is 17.8 Å². The third-order valence-electron chi connectivity index (χ3n) is 2.94. The van der Waals surface area contributed by atoms with Crippen molar-refractivity contribution in [2.24, 2.45) is 0 Å². The molecule has 22 heavy (non-hydrogen) atoms. The second-order valence-electron chi connectivity index (χ2n) is 4.86. The summed E-state index contributed by atoms with van der Waals surface area (Å²) in [6.45, 7) is 3.67. The zero-order valence-electron chi connectivity index (χ0n) is 12.0. The molecule has 0 saturated heterocycles. The molecule has 0 bridgehead atoms. The minimum Gasteiger partial charge on any atom is -0.492 e. The lowest BCUT2D eigenvalue weighted by Gasteiger charge is -2.10. The number of nitrogens with zero attached hydrogens (tertiary/aromatic N) is 3. The lowest BCUT2D eigenvalue weighted by molar-refractivity contribution is 0.440. The van der Waals surface area contributed by atoms with Gasteiger partial charge in [-0.25, -0.2) is 13.8 Å². The third-order valence-corrected chi connectivity index (χ3v) is 3.84. The number of hydrogen-bond donors (Lipinski definition) is 1. The molecule has 1 aromatic carbocycles. The summed E-state index contributed by atoms with van der Waals surface area (Å²) in [5, 5.41) is 19.0. The Bertz CT molecular complexity index is 744. The largest absolute Gasteiger partial charge is 0.492 e. The fraction of sp³-hybridized carbons (Fsp3) is 0.267. The first-order valence-electron chi connectivity index (χ1n) is 6.50. The van der Waals surface area contributed by atoms with Gasteiger partial charge in [-0.2, -0.15) is 10.2 Å². The van der Waals surface area contributed by atoms with E-state index in [4.69, 9.17) is 5.26 Å². The predicted octanol–water partition coefficient (Wildman–Crippen LogP) is 3.75. The van der Waals surface area contributed by atoms with E-state index in [1.54, 1.807) is 0 Å². The zero-order valence-corrected chi connectivity index (χ0v) is 12.8. The van der Waals surface area contributed by atoms with Crippen LogP contribution in [0.3, 0.4) is 0 Å². The van der Waals surface area contributed by atoms with E-state index in [0.29, 0.717) is 5.69 Å². The second-order valence-corrected chi connectivity index (χ2v) is 5.80. The van der Waals surface area contributed by atoms with E-state index < -0.39 is 17.5 Å². The average Bonchev–Trinajstić information content (AvgIpc) is 2.48. The highest BCUT2D eigenvalue weighted by molar-refractivity contribution is 7.98. The Hall–Kier alpha value is -2.20. The van der Waals surface area contributed by atoms with Crippen molar-refractivity contribution in [1.29, 1.82) is 5.26 Å². The van der Waals surface area contributed by atoms with E-state index in [2.05, 4.69) is 9.97 Å². The van der Waals surface area contributed by atoms with Gasteiger partial charge >= 0.3 is 0 Å². The monoisotopic (exact) mass is 321 g/mol. The molecule has 0 aliphatic heterocycles. The Kier molecular flexibility index (Phi) is 4.93. The van der Waals surface area contributed by atoms with Crippen LogP contribution in [0.2, 0.25) is 0 Å². The molecular formula is C15H13F2N3OS. The van der Waals surface area contributed by atoms with Crippen LogP contribution >= 0.6 is 11.8 Å². The van der Waals surface area contributed by atoms with Crippen molar-refractivity contribution in [2.75, 3.05) is 0 Å². The summed E-state index contributed by atoms with van der Waals surface area (Å²) in [4.78, 5) is 8.05. The summed E-state index contributed by atoms with van der Waals surface area (Å²) in [5.74, 6) is -2.18. The molecule has 114 valence electrons. The van der Waals surface area contributed by atoms with E-state index in [1.807, 2.05) is 19.9 Å². The molecule has 2 rings (SSSR count). The molecule has 7 heteroatoms. The fourth-order valence-electron chi connectivity index (χ4n) is 1.84. The maximum absolute atomic E-state index is 13.6. The van der Waals surface area contributed by atoms with Crippen LogP contribution in [-0.2, 0) is 5.75 Å². The van der Waals surface area contributed by atoms with Crippen molar-refractivity contribution >= 4 is 11.8 Å². The van der Waals surface area contributed by atoms with Gasteiger partial charge in [0.2, 0.25) is 5.88 Å². The molecule has 2 aromatic rings. The molecule has 0 saturated carbocycles. The molecule has 0 fully saturated rings. The highest BCUT2D eigenvalue weighted by Gasteiger charge is 2.17. The van der Waals surface area contributed by atoms with Crippen molar-refractivity contribution in [3.8, 4) is 11.9 Å². The SMILES string of the molecule is CC(C)c1nc(SCc2cccc(F)c2F)nc(O)c1C#N. The smallest absolute Gasteiger partial charge is 0.233 e. The van der Waals surface area contributed by atoms with Crippen molar-refractivity contribution in [2.45, 2.75) is 30.7 Å². The van der Waals surface area contributed by atoms with Crippen LogP contribution in [0.4, 0.5) is 8.78 Å². The van der Waals surface area contributed by atoms with Gasteiger partial charge < -0.3 is 5.11 Å². The average molecular weight is 321 g/mol. The van der Waals surface area contributed by atoms with Gasteiger partial charge in [0.05, 0.1) is 5.69 Å². The lowest BCUT2D eigenvalue weighted by atomic mass is 10.1. The Morgan fingerprint density at radius 2 is 2.05 bits per heavy atom. The fourth-order valence-corrected chi connectivity index (χ4v) is 2.66. The molecule has 1 heterocycles. The molecule has 0 atom stereocenters. The quantitative estimate of drug-likeness (QED) is 0.686. The van der Waals surface area contributed by atoms with Crippen molar-refractivity contribution < 1.29 is 13.9 Å². The van der Waals surface area contributed by atoms with E-state index in [1.165, 1.54) is 12.1 Å². The summed E-state index contributed by atoms with van der Waals surface area (Å²) >= 11 is 1.06. The van der Waals surface area contributed by atoms with Crippen LogP contribution in [0, 0.1) is 23.0 Å². The predicted molar refractivity (Wildman–Crippen MR) is 78.4 cm³/mol. The van der Waals surface area contributed by atoms with Crippen LogP contribution in [0.15, 0.2) is 23.4 Å². The van der Waals surface area contributed by atoms with Crippen molar-refractivity contribution in [3.63, 3.8) is 0 Å². The summed E-state index contributed by atoms with van der Waals surface area (Å²) in [6, 6.07) is 5.81. The van der Waals surface area contributed by atoms with Crippen LogP contribution in [0.5, 0.6) is 5.88 Å². The zero-order chi connectivity index (χ0) is 16.3. The summed E-state index contributed by atoms with van der Waals surface area (Å²) in [6.07, 6.45) is 0. The van der Waals surface area contributed by atoms with Gasteiger partial charge in [-0.15, -0.1) is 0 Å². The van der Waals surface area contributed by atoms with Gasteiger partial charge in [-0.1, -0.05) is 37.7 Å². The van der Waals surface area contributed by atoms with Crippen molar-refractivity contribution in [3.05, 3.63) is 46.7 Å². The van der Waals surface area contributed by atoms with Crippen LogP contribution in [-0.4, -0.2) is 15.1 Å². The number of aromatic hydroxyl groups is 1. The second kappa shape index (κ2) is 6.71.